The Balaban J connectivity index is 0.00000320. The minimum Gasteiger partial charge on any atom is -0.487 e. The van der Waals surface area contributed by atoms with Crippen LogP contribution in [0.2, 0.25) is 0 Å². The summed E-state index contributed by atoms with van der Waals surface area (Å²) in [6.07, 6.45) is 6.99. The second-order valence-corrected chi connectivity index (χ2v) is 6.07. The number of nitrogens with one attached hydrogen (secondary N) is 1. The van der Waals surface area contributed by atoms with Gasteiger partial charge in [0.15, 0.2) is 11.5 Å². The number of benzene rings is 2. The van der Waals surface area contributed by atoms with Gasteiger partial charge in [0.05, 0.1) is 18.7 Å². The standard InChI is InChI=1S/C22H23N3O4.Ag/c1-4-16-6-5-7-17(12-16)25-22-18-13-20(28-10-8-26-2)21(29-11-9-27-3)14-19(18)23-15-24-22;/h1,5-7,12-15H,8-11H2,2-3H3,(H,23,24,25);. The number of ether oxygens (including phenoxy) is 4. The first-order valence-corrected chi connectivity index (χ1v) is 9.11. The summed E-state index contributed by atoms with van der Waals surface area (Å²) in [6.45, 7) is 1.73. The molecule has 7 nitrogen and oxygen atoms in total. The van der Waals surface area contributed by atoms with Crippen LogP contribution in [0.15, 0.2) is 42.7 Å². The van der Waals surface area contributed by atoms with Crippen LogP contribution in [0.25, 0.3) is 10.9 Å². The number of anilines is 2. The van der Waals surface area contributed by atoms with Gasteiger partial charge in [-0.25, -0.2) is 9.97 Å². The van der Waals surface area contributed by atoms with E-state index < -0.39 is 0 Å². The summed E-state index contributed by atoms with van der Waals surface area (Å²) in [7, 11) is 3.25. The number of nitrogens with zero attached hydrogens (tertiary/aromatic N) is 2. The van der Waals surface area contributed by atoms with Crippen molar-refractivity contribution in [2.75, 3.05) is 46.0 Å². The first kappa shape index (κ1) is 23.7. The fourth-order valence-corrected chi connectivity index (χ4v) is 2.68. The van der Waals surface area contributed by atoms with Crippen molar-refractivity contribution in [3.05, 3.63) is 48.3 Å². The van der Waals surface area contributed by atoms with E-state index in [1.54, 1.807) is 14.2 Å². The summed E-state index contributed by atoms with van der Waals surface area (Å²) in [6, 6.07) is 11.3. The minimum absolute atomic E-state index is 0. The molecule has 0 bridgehead atoms. The second kappa shape index (κ2) is 12.2. The molecule has 161 valence electrons. The summed E-state index contributed by atoms with van der Waals surface area (Å²) >= 11 is 0. The van der Waals surface area contributed by atoms with E-state index in [1.165, 1.54) is 6.33 Å². The molecule has 0 fully saturated rings. The number of rotatable bonds is 10. The maximum Gasteiger partial charge on any atom is 0.163 e. The van der Waals surface area contributed by atoms with Gasteiger partial charge in [-0.3, -0.25) is 0 Å². The molecular weight excluding hydrogens is 478 g/mol. The summed E-state index contributed by atoms with van der Waals surface area (Å²) in [5, 5.41) is 4.10. The van der Waals surface area contributed by atoms with Crippen LogP contribution in [0.5, 0.6) is 11.5 Å². The van der Waals surface area contributed by atoms with Gasteiger partial charge in [0.2, 0.25) is 0 Å². The topological polar surface area (TPSA) is 74.7 Å². The molecule has 3 aromatic rings. The minimum atomic E-state index is 0. The first-order chi connectivity index (χ1) is 14.2. The summed E-state index contributed by atoms with van der Waals surface area (Å²) < 4.78 is 21.8. The van der Waals surface area contributed by atoms with Crippen LogP contribution in [-0.2, 0) is 31.9 Å². The SMILES string of the molecule is C#Cc1cccc(Nc2ncnc3cc(OCCOC)c(OCCOC)cc23)c1.[Ag]. The Kier molecular flexibility index (Phi) is 9.61. The third-order valence-corrected chi connectivity index (χ3v) is 4.08. The van der Waals surface area contributed by atoms with Gasteiger partial charge in [-0.05, 0) is 24.3 Å². The summed E-state index contributed by atoms with van der Waals surface area (Å²) in [5.41, 5.74) is 2.34. The molecule has 0 aliphatic rings. The van der Waals surface area contributed by atoms with Gasteiger partial charge < -0.3 is 24.3 Å². The Labute approximate surface area is 191 Å². The molecule has 0 amide bonds. The average molecular weight is 501 g/mol. The van der Waals surface area contributed by atoms with Crippen LogP contribution in [0.4, 0.5) is 11.5 Å². The van der Waals surface area contributed by atoms with E-state index in [9.17, 15) is 0 Å². The van der Waals surface area contributed by atoms with Crippen molar-refractivity contribution in [3.63, 3.8) is 0 Å². The third-order valence-electron chi connectivity index (χ3n) is 4.08. The molecule has 1 radical (unpaired) electrons. The predicted molar refractivity (Wildman–Crippen MR) is 112 cm³/mol. The van der Waals surface area contributed by atoms with Crippen LogP contribution >= 0.6 is 0 Å². The van der Waals surface area contributed by atoms with Gasteiger partial charge in [0, 0.05) is 59.3 Å². The van der Waals surface area contributed by atoms with E-state index in [0.717, 1.165) is 22.2 Å². The maximum absolute atomic E-state index is 5.86. The number of hydrogen-bond acceptors (Lipinski definition) is 7. The quantitative estimate of drug-likeness (QED) is 0.259. The molecule has 1 aromatic heterocycles. The van der Waals surface area contributed by atoms with Crippen LogP contribution < -0.4 is 14.8 Å². The van der Waals surface area contributed by atoms with Gasteiger partial charge in [-0.1, -0.05) is 12.0 Å². The molecule has 3 rings (SSSR count). The largest absolute Gasteiger partial charge is 0.487 e. The van der Waals surface area contributed by atoms with Crippen molar-refractivity contribution in [1.29, 1.82) is 0 Å². The van der Waals surface area contributed by atoms with Crippen molar-refractivity contribution in [3.8, 4) is 23.8 Å². The number of hydrogen-bond donors (Lipinski definition) is 1. The van der Waals surface area contributed by atoms with Gasteiger partial charge in [-0.15, -0.1) is 6.42 Å². The number of methoxy groups -OCH3 is 2. The van der Waals surface area contributed by atoms with E-state index in [4.69, 9.17) is 25.4 Å². The molecule has 0 saturated heterocycles. The van der Waals surface area contributed by atoms with Crippen molar-refractivity contribution in [1.82, 2.24) is 9.97 Å². The molecule has 0 spiro atoms. The van der Waals surface area contributed by atoms with Gasteiger partial charge in [0.25, 0.3) is 0 Å². The molecular formula is C22H23AgN3O4. The van der Waals surface area contributed by atoms with Gasteiger partial charge in [0.1, 0.15) is 25.4 Å². The molecule has 0 aliphatic carbocycles. The molecule has 1 heterocycles. The summed E-state index contributed by atoms with van der Waals surface area (Å²) in [4.78, 5) is 8.75. The third kappa shape index (κ3) is 6.20. The monoisotopic (exact) mass is 500 g/mol. The van der Waals surface area contributed by atoms with Crippen LogP contribution in [-0.4, -0.2) is 50.6 Å². The first-order valence-electron chi connectivity index (χ1n) is 9.11. The van der Waals surface area contributed by atoms with Crippen molar-refractivity contribution >= 4 is 22.4 Å². The molecule has 0 saturated carbocycles. The number of terminal acetylenes is 1. The zero-order chi connectivity index (χ0) is 20.5. The zero-order valence-electron chi connectivity index (χ0n) is 16.8. The predicted octanol–water partition coefficient (Wildman–Crippen LogP) is 3.40. The maximum atomic E-state index is 5.86. The normalized spacial score (nSPS) is 10.2. The molecule has 0 aliphatic heterocycles. The molecule has 8 heteroatoms. The van der Waals surface area contributed by atoms with Crippen molar-refractivity contribution in [2.24, 2.45) is 0 Å². The smallest absolute Gasteiger partial charge is 0.163 e. The van der Waals surface area contributed by atoms with Crippen molar-refractivity contribution in [2.45, 2.75) is 0 Å². The van der Waals surface area contributed by atoms with E-state index >= 15 is 0 Å². The van der Waals surface area contributed by atoms with Crippen LogP contribution in [0.3, 0.4) is 0 Å². The molecule has 0 atom stereocenters. The fourth-order valence-electron chi connectivity index (χ4n) is 2.68. The fraction of sp³-hybridized carbons (Fsp3) is 0.273. The Morgan fingerprint density at radius 2 is 1.63 bits per heavy atom. The van der Waals surface area contributed by atoms with E-state index in [1.807, 2.05) is 36.4 Å². The molecule has 0 unspecified atom stereocenters. The Hall–Kier alpha value is -2.60. The Morgan fingerprint density at radius 3 is 2.30 bits per heavy atom. The van der Waals surface area contributed by atoms with E-state index in [0.29, 0.717) is 43.7 Å². The Morgan fingerprint density at radius 1 is 0.933 bits per heavy atom. The van der Waals surface area contributed by atoms with Crippen molar-refractivity contribution < 1.29 is 41.3 Å². The molecule has 30 heavy (non-hydrogen) atoms. The van der Waals surface area contributed by atoms with Crippen LogP contribution in [0, 0.1) is 12.3 Å². The molecule has 2 aromatic carbocycles. The Bertz CT molecular complexity index is 1010. The van der Waals surface area contributed by atoms with Crippen LogP contribution in [0.1, 0.15) is 5.56 Å². The number of aromatic nitrogens is 2. The molecule has 1 N–H and O–H groups in total. The zero-order valence-corrected chi connectivity index (χ0v) is 18.3. The summed E-state index contributed by atoms with van der Waals surface area (Å²) in [5.74, 6) is 4.44. The number of fused-ring (bicyclic) bond motifs is 1. The van der Waals surface area contributed by atoms with Gasteiger partial charge in [-0.2, -0.15) is 0 Å². The van der Waals surface area contributed by atoms with E-state index in [2.05, 4.69) is 21.2 Å². The van der Waals surface area contributed by atoms with Gasteiger partial charge >= 0.3 is 0 Å². The van der Waals surface area contributed by atoms with E-state index in [-0.39, 0.29) is 22.4 Å². The average Bonchev–Trinajstić information content (AvgIpc) is 2.75. The second-order valence-electron chi connectivity index (χ2n) is 6.07.